The van der Waals surface area contributed by atoms with Crippen molar-refractivity contribution in [3.63, 3.8) is 0 Å². The van der Waals surface area contributed by atoms with E-state index >= 15 is 0 Å². The van der Waals surface area contributed by atoms with Crippen LogP contribution >= 0.6 is 0 Å². The van der Waals surface area contributed by atoms with Crippen molar-refractivity contribution >= 4 is 0 Å². The average molecular weight is 259 g/mol. The zero-order valence-electron chi connectivity index (χ0n) is 11.8. The van der Waals surface area contributed by atoms with Crippen molar-refractivity contribution in [3.05, 3.63) is 29.8 Å². The predicted octanol–water partition coefficient (Wildman–Crippen LogP) is 3.91. The predicted molar refractivity (Wildman–Crippen MR) is 78.1 cm³/mol. The maximum atomic E-state index is 6.16. The van der Waals surface area contributed by atoms with Gasteiger partial charge < -0.3 is 10.5 Å². The molecule has 3 rings (SSSR count). The summed E-state index contributed by atoms with van der Waals surface area (Å²) in [6.45, 7) is 3.01. The third-order valence-electron chi connectivity index (χ3n) is 5.10. The largest absolute Gasteiger partial charge is 0.493 e. The zero-order valence-corrected chi connectivity index (χ0v) is 11.8. The lowest BCUT2D eigenvalue weighted by Gasteiger charge is -2.23. The van der Waals surface area contributed by atoms with Crippen molar-refractivity contribution in [1.29, 1.82) is 0 Å². The molecule has 2 fully saturated rings. The maximum absolute atomic E-state index is 6.16. The van der Waals surface area contributed by atoms with E-state index < -0.39 is 0 Å². The minimum atomic E-state index is 0.0937. The average Bonchev–Trinajstić information content (AvgIpc) is 3.07. The molecule has 1 aromatic carbocycles. The molecule has 2 N–H and O–H groups in total. The van der Waals surface area contributed by atoms with Gasteiger partial charge in [0.2, 0.25) is 0 Å². The van der Waals surface area contributed by atoms with Gasteiger partial charge in [0, 0.05) is 11.6 Å². The van der Waals surface area contributed by atoms with Crippen molar-refractivity contribution < 1.29 is 4.74 Å². The number of nitrogens with two attached hydrogens (primary N) is 1. The van der Waals surface area contributed by atoms with E-state index in [2.05, 4.69) is 25.1 Å². The lowest BCUT2D eigenvalue weighted by atomic mass is 9.89. The molecule has 2 aliphatic rings. The van der Waals surface area contributed by atoms with E-state index in [-0.39, 0.29) is 6.04 Å². The van der Waals surface area contributed by atoms with Crippen molar-refractivity contribution in [2.24, 2.45) is 23.5 Å². The molecule has 19 heavy (non-hydrogen) atoms. The highest BCUT2D eigenvalue weighted by Gasteiger charge is 2.39. The molecule has 0 spiro atoms. The highest BCUT2D eigenvalue weighted by molar-refractivity contribution is 5.35. The lowest BCUT2D eigenvalue weighted by Crippen LogP contribution is -2.19. The van der Waals surface area contributed by atoms with Crippen LogP contribution in [-0.4, -0.2) is 6.61 Å². The molecule has 0 amide bonds. The van der Waals surface area contributed by atoms with Crippen molar-refractivity contribution in [2.45, 2.75) is 45.1 Å². The number of hydrogen-bond donors (Lipinski definition) is 1. The van der Waals surface area contributed by atoms with Gasteiger partial charge in [-0.25, -0.2) is 0 Å². The second-order valence-electron chi connectivity index (χ2n) is 6.30. The van der Waals surface area contributed by atoms with Crippen LogP contribution < -0.4 is 10.5 Å². The summed E-state index contributed by atoms with van der Waals surface area (Å²) in [5, 5.41) is 0. The molecule has 0 heterocycles. The summed E-state index contributed by atoms with van der Waals surface area (Å²) < 4.78 is 6.12. The summed E-state index contributed by atoms with van der Waals surface area (Å²) in [5.41, 5.74) is 7.32. The Kier molecular flexibility index (Phi) is 3.79. The first kappa shape index (κ1) is 13.0. The molecular formula is C17H25NO. The molecule has 0 saturated heterocycles. The van der Waals surface area contributed by atoms with E-state index in [0.29, 0.717) is 0 Å². The Hall–Kier alpha value is -1.02. The van der Waals surface area contributed by atoms with Gasteiger partial charge in [-0.15, -0.1) is 0 Å². The van der Waals surface area contributed by atoms with Crippen LogP contribution in [0.25, 0.3) is 0 Å². The third kappa shape index (κ3) is 2.64. The Morgan fingerprint density at radius 2 is 2.11 bits per heavy atom. The zero-order chi connectivity index (χ0) is 13.2. The van der Waals surface area contributed by atoms with Crippen LogP contribution in [-0.2, 0) is 0 Å². The Labute approximate surface area is 116 Å². The molecule has 2 heteroatoms. The summed E-state index contributed by atoms with van der Waals surface area (Å²) in [4.78, 5) is 0. The van der Waals surface area contributed by atoms with E-state index in [1.807, 2.05) is 6.07 Å². The maximum Gasteiger partial charge on any atom is 0.124 e. The standard InChI is InChI=1S/C17H25NO/c1-2-16(18)15-5-3-4-6-17(15)19-11-14-10-12-7-8-13(14)9-12/h3-6,12-14,16H,2,7-11,18H2,1H3. The van der Waals surface area contributed by atoms with E-state index in [4.69, 9.17) is 10.5 Å². The van der Waals surface area contributed by atoms with Crippen LogP contribution in [0, 0.1) is 17.8 Å². The van der Waals surface area contributed by atoms with Gasteiger partial charge in [0.05, 0.1) is 6.61 Å². The fourth-order valence-corrected chi connectivity index (χ4v) is 3.92. The number of ether oxygens (including phenoxy) is 1. The summed E-state index contributed by atoms with van der Waals surface area (Å²) in [6.07, 6.45) is 6.67. The third-order valence-corrected chi connectivity index (χ3v) is 5.10. The van der Waals surface area contributed by atoms with Crippen LogP contribution in [0.1, 0.15) is 50.6 Å². The van der Waals surface area contributed by atoms with Gasteiger partial charge in [0.1, 0.15) is 5.75 Å². The van der Waals surface area contributed by atoms with Crippen LogP contribution in [0.2, 0.25) is 0 Å². The minimum absolute atomic E-state index is 0.0937. The summed E-state index contributed by atoms with van der Waals surface area (Å²) in [5.74, 6) is 3.70. The molecule has 1 aromatic rings. The number of hydrogen-bond acceptors (Lipinski definition) is 2. The number of para-hydroxylation sites is 1. The minimum Gasteiger partial charge on any atom is -0.493 e. The van der Waals surface area contributed by atoms with Gasteiger partial charge in [-0.1, -0.05) is 31.5 Å². The summed E-state index contributed by atoms with van der Waals surface area (Å²) in [7, 11) is 0. The van der Waals surface area contributed by atoms with Gasteiger partial charge >= 0.3 is 0 Å². The lowest BCUT2D eigenvalue weighted by molar-refractivity contribution is 0.193. The molecule has 0 radical (unpaired) electrons. The van der Waals surface area contributed by atoms with Gasteiger partial charge in [-0.2, -0.15) is 0 Å². The smallest absolute Gasteiger partial charge is 0.124 e. The first-order chi connectivity index (χ1) is 9.28. The molecule has 0 aliphatic heterocycles. The molecule has 4 unspecified atom stereocenters. The van der Waals surface area contributed by atoms with E-state index in [1.165, 1.54) is 25.7 Å². The molecule has 0 aromatic heterocycles. The molecular weight excluding hydrogens is 234 g/mol. The Morgan fingerprint density at radius 3 is 2.79 bits per heavy atom. The van der Waals surface area contributed by atoms with Crippen LogP contribution in [0.3, 0.4) is 0 Å². The Bertz CT molecular complexity index is 431. The summed E-state index contributed by atoms with van der Waals surface area (Å²) >= 11 is 0. The molecule has 2 aliphatic carbocycles. The quantitative estimate of drug-likeness (QED) is 0.870. The first-order valence-electron chi connectivity index (χ1n) is 7.75. The van der Waals surface area contributed by atoms with Crippen LogP contribution in [0.15, 0.2) is 24.3 Å². The molecule has 2 saturated carbocycles. The SMILES string of the molecule is CCC(N)c1ccccc1OCC1CC2CCC1C2. The van der Waals surface area contributed by atoms with Crippen molar-refractivity contribution in [1.82, 2.24) is 0 Å². The molecule has 4 atom stereocenters. The van der Waals surface area contributed by atoms with Gasteiger partial charge in [-0.05, 0) is 49.5 Å². The topological polar surface area (TPSA) is 35.2 Å². The normalized spacial score (nSPS) is 30.5. The molecule has 2 nitrogen and oxygen atoms in total. The molecule has 104 valence electrons. The Balaban J connectivity index is 1.63. The van der Waals surface area contributed by atoms with E-state index in [0.717, 1.165) is 42.1 Å². The number of rotatable bonds is 5. The van der Waals surface area contributed by atoms with Crippen molar-refractivity contribution in [3.8, 4) is 5.75 Å². The van der Waals surface area contributed by atoms with Crippen molar-refractivity contribution in [2.75, 3.05) is 6.61 Å². The van der Waals surface area contributed by atoms with Gasteiger partial charge in [-0.3, -0.25) is 0 Å². The first-order valence-corrected chi connectivity index (χ1v) is 7.75. The van der Waals surface area contributed by atoms with E-state index in [1.54, 1.807) is 0 Å². The van der Waals surface area contributed by atoms with Crippen LogP contribution in [0.4, 0.5) is 0 Å². The second kappa shape index (κ2) is 5.54. The fraction of sp³-hybridized carbons (Fsp3) is 0.647. The second-order valence-corrected chi connectivity index (χ2v) is 6.30. The number of benzene rings is 1. The van der Waals surface area contributed by atoms with Crippen LogP contribution in [0.5, 0.6) is 5.75 Å². The monoisotopic (exact) mass is 259 g/mol. The fourth-order valence-electron chi connectivity index (χ4n) is 3.92. The molecule has 2 bridgehead atoms. The highest BCUT2D eigenvalue weighted by Crippen LogP contribution is 2.48. The highest BCUT2D eigenvalue weighted by atomic mass is 16.5. The van der Waals surface area contributed by atoms with Gasteiger partial charge in [0.25, 0.3) is 0 Å². The van der Waals surface area contributed by atoms with Gasteiger partial charge in [0.15, 0.2) is 0 Å². The number of fused-ring (bicyclic) bond motifs is 2. The van der Waals surface area contributed by atoms with E-state index in [9.17, 15) is 0 Å². The summed E-state index contributed by atoms with van der Waals surface area (Å²) in [6, 6.07) is 8.36. The Morgan fingerprint density at radius 1 is 1.26 bits per heavy atom.